The topological polar surface area (TPSA) is 62.2 Å². The fourth-order valence-corrected chi connectivity index (χ4v) is 3.41. The summed E-state index contributed by atoms with van der Waals surface area (Å²) in [5.41, 5.74) is -3.40. The number of fused-ring (bicyclic) bond motifs is 1. The largest absolute Gasteiger partial charge is 0.417 e. The van der Waals surface area contributed by atoms with Crippen LogP contribution in [-0.2, 0) is 23.2 Å². The molecule has 1 aromatic heterocycles. The molecule has 0 radical (unpaired) electrons. The Morgan fingerprint density at radius 2 is 2.07 bits per heavy atom. The minimum atomic E-state index is -4.64. The molecule has 0 unspecified atom stereocenters. The summed E-state index contributed by atoms with van der Waals surface area (Å²) < 4.78 is 54.2. The standard InChI is InChI=1S/C18H15ClF4N2O2/c19-14-10(3-1-4-11(14)18(21,22)23)9-25-16(27)17(20)7-6-13(26)15-12(17)5-2-8-24-15/h1-5,8,13,26H,6-7,9H2,(H,25,27)/t13-,17-/m0/s1. The maximum Gasteiger partial charge on any atom is 0.417 e. The fraction of sp³-hybridized carbons (Fsp3) is 0.333. The molecule has 144 valence electrons. The van der Waals surface area contributed by atoms with E-state index in [1.54, 1.807) is 0 Å². The van der Waals surface area contributed by atoms with Gasteiger partial charge in [-0.15, -0.1) is 0 Å². The van der Waals surface area contributed by atoms with Crippen molar-refractivity contribution in [3.63, 3.8) is 0 Å². The minimum absolute atomic E-state index is 0.00174. The first-order valence-corrected chi connectivity index (χ1v) is 8.47. The van der Waals surface area contributed by atoms with Crippen molar-refractivity contribution >= 4 is 17.5 Å². The van der Waals surface area contributed by atoms with Gasteiger partial charge < -0.3 is 10.4 Å². The van der Waals surface area contributed by atoms with Gasteiger partial charge in [-0.05, 0) is 30.5 Å². The molecule has 0 spiro atoms. The number of benzene rings is 1. The predicted molar refractivity (Wildman–Crippen MR) is 89.5 cm³/mol. The van der Waals surface area contributed by atoms with Gasteiger partial charge in [0.15, 0.2) is 0 Å². The highest BCUT2D eigenvalue weighted by atomic mass is 35.5. The highest BCUT2D eigenvalue weighted by molar-refractivity contribution is 6.32. The number of amides is 1. The first-order valence-electron chi connectivity index (χ1n) is 8.10. The average Bonchev–Trinajstić information content (AvgIpc) is 2.63. The summed E-state index contributed by atoms with van der Waals surface area (Å²) in [6, 6.07) is 6.12. The lowest BCUT2D eigenvalue weighted by atomic mass is 9.81. The van der Waals surface area contributed by atoms with Crippen LogP contribution < -0.4 is 5.32 Å². The van der Waals surface area contributed by atoms with Gasteiger partial charge in [0.05, 0.1) is 22.4 Å². The van der Waals surface area contributed by atoms with Gasteiger partial charge in [-0.3, -0.25) is 9.78 Å². The van der Waals surface area contributed by atoms with E-state index >= 15 is 4.39 Å². The number of pyridine rings is 1. The van der Waals surface area contributed by atoms with Gasteiger partial charge >= 0.3 is 6.18 Å². The number of alkyl halides is 4. The Kier molecular flexibility index (Phi) is 5.14. The van der Waals surface area contributed by atoms with Crippen molar-refractivity contribution in [1.82, 2.24) is 10.3 Å². The Morgan fingerprint density at radius 3 is 2.78 bits per heavy atom. The van der Waals surface area contributed by atoms with Gasteiger partial charge in [0.2, 0.25) is 5.67 Å². The van der Waals surface area contributed by atoms with E-state index in [0.29, 0.717) is 0 Å². The molecule has 2 N–H and O–H groups in total. The molecule has 1 aromatic carbocycles. The molecule has 0 fully saturated rings. The van der Waals surface area contributed by atoms with Gasteiger partial charge in [-0.2, -0.15) is 13.2 Å². The summed E-state index contributed by atoms with van der Waals surface area (Å²) in [5.74, 6) is -1.02. The molecule has 0 saturated carbocycles. The molecule has 2 atom stereocenters. The second-order valence-corrected chi connectivity index (χ2v) is 6.63. The van der Waals surface area contributed by atoms with Crippen molar-refractivity contribution in [1.29, 1.82) is 0 Å². The summed E-state index contributed by atoms with van der Waals surface area (Å²) in [5, 5.41) is 11.7. The van der Waals surface area contributed by atoms with E-state index in [9.17, 15) is 23.1 Å². The van der Waals surface area contributed by atoms with E-state index in [4.69, 9.17) is 11.6 Å². The van der Waals surface area contributed by atoms with E-state index in [2.05, 4.69) is 10.3 Å². The second kappa shape index (κ2) is 7.09. The lowest BCUT2D eigenvalue weighted by Gasteiger charge is -2.32. The normalized spacial score (nSPS) is 22.2. The summed E-state index contributed by atoms with van der Waals surface area (Å²) in [7, 11) is 0. The quantitative estimate of drug-likeness (QED) is 0.761. The number of carbonyl (C=O) groups is 1. The van der Waals surface area contributed by atoms with Gasteiger partial charge in [0.25, 0.3) is 5.91 Å². The average molecular weight is 403 g/mol. The van der Waals surface area contributed by atoms with E-state index < -0.39 is 34.4 Å². The zero-order valence-corrected chi connectivity index (χ0v) is 14.6. The smallest absolute Gasteiger partial charge is 0.387 e. The Balaban J connectivity index is 1.82. The third-order valence-electron chi connectivity index (χ3n) is 4.53. The zero-order chi connectivity index (χ0) is 19.8. The van der Waals surface area contributed by atoms with Gasteiger partial charge in [0.1, 0.15) is 0 Å². The van der Waals surface area contributed by atoms with E-state index in [0.717, 1.165) is 12.1 Å². The number of aliphatic hydroxyl groups is 1. The molecular formula is C18H15ClF4N2O2. The Morgan fingerprint density at radius 1 is 1.33 bits per heavy atom. The molecule has 0 bridgehead atoms. The van der Waals surface area contributed by atoms with E-state index in [1.807, 2.05) is 0 Å². The lowest BCUT2D eigenvalue weighted by molar-refractivity contribution is -0.137. The monoisotopic (exact) mass is 402 g/mol. The molecule has 1 amide bonds. The number of rotatable bonds is 3. The van der Waals surface area contributed by atoms with Crippen LogP contribution in [0, 0.1) is 0 Å². The molecule has 2 aromatic rings. The maximum atomic E-state index is 15.4. The number of hydrogen-bond donors (Lipinski definition) is 2. The molecule has 1 aliphatic carbocycles. The number of carbonyl (C=O) groups excluding carboxylic acids is 1. The Labute approximate surface area is 157 Å². The van der Waals surface area contributed by atoms with Crippen LogP contribution in [0.15, 0.2) is 36.5 Å². The molecule has 27 heavy (non-hydrogen) atoms. The molecule has 0 saturated heterocycles. The molecule has 9 heteroatoms. The maximum absolute atomic E-state index is 15.4. The number of nitrogens with one attached hydrogen (secondary N) is 1. The van der Waals surface area contributed by atoms with Crippen molar-refractivity contribution in [2.45, 2.75) is 37.3 Å². The van der Waals surface area contributed by atoms with Crippen LogP contribution in [0.1, 0.15) is 41.3 Å². The van der Waals surface area contributed by atoms with Gasteiger partial charge in [-0.1, -0.05) is 29.8 Å². The highest BCUT2D eigenvalue weighted by Crippen LogP contribution is 2.42. The first kappa shape index (κ1) is 19.6. The third-order valence-corrected chi connectivity index (χ3v) is 4.97. The summed E-state index contributed by atoms with van der Waals surface area (Å²) in [6.45, 7) is -0.370. The predicted octanol–water partition coefficient (Wildman–Crippen LogP) is 4.06. The number of hydrogen-bond acceptors (Lipinski definition) is 3. The third kappa shape index (κ3) is 3.64. The highest BCUT2D eigenvalue weighted by Gasteiger charge is 2.46. The second-order valence-electron chi connectivity index (χ2n) is 6.25. The van der Waals surface area contributed by atoms with Crippen molar-refractivity contribution in [2.24, 2.45) is 0 Å². The van der Waals surface area contributed by atoms with Crippen LogP contribution in [-0.4, -0.2) is 16.0 Å². The van der Waals surface area contributed by atoms with Crippen LogP contribution in [0.4, 0.5) is 17.6 Å². The van der Waals surface area contributed by atoms with Crippen molar-refractivity contribution in [3.05, 3.63) is 63.9 Å². The summed E-state index contributed by atoms with van der Waals surface area (Å²) in [4.78, 5) is 16.4. The number of nitrogens with zero attached hydrogens (tertiary/aromatic N) is 1. The molecular weight excluding hydrogens is 388 g/mol. The SMILES string of the molecule is O=C(NCc1cccc(C(F)(F)F)c1Cl)[C@]1(F)CC[C@H](O)c2ncccc21. The van der Waals surface area contributed by atoms with Crippen LogP contribution >= 0.6 is 11.6 Å². The van der Waals surface area contributed by atoms with Crippen LogP contribution in [0.5, 0.6) is 0 Å². The lowest BCUT2D eigenvalue weighted by Crippen LogP contribution is -2.44. The molecule has 4 nitrogen and oxygen atoms in total. The van der Waals surface area contributed by atoms with Crippen molar-refractivity contribution in [2.75, 3.05) is 0 Å². The van der Waals surface area contributed by atoms with Crippen LogP contribution in [0.25, 0.3) is 0 Å². The molecule has 3 rings (SSSR count). The number of halogens is 5. The Hall–Kier alpha value is -2.19. The fourth-order valence-electron chi connectivity index (χ4n) is 3.11. The van der Waals surface area contributed by atoms with Gasteiger partial charge in [-0.25, -0.2) is 4.39 Å². The van der Waals surface area contributed by atoms with Crippen molar-refractivity contribution < 1.29 is 27.5 Å². The number of aromatic nitrogens is 1. The zero-order valence-electron chi connectivity index (χ0n) is 13.9. The van der Waals surface area contributed by atoms with Crippen LogP contribution in [0.2, 0.25) is 5.02 Å². The molecule has 1 heterocycles. The van der Waals surface area contributed by atoms with Crippen molar-refractivity contribution in [3.8, 4) is 0 Å². The van der Waals surface area contributed by atoms with Gasteiger partial charge in [0, 0.05) is 18.3 Å². The Bertz CT molecular complexity index is 875. The first-order chi connectivity index (χ1) is 12.6. The minimum Gasteiger partial charge on any atom is -0.387 e. The van der Waals surface area contributed by atoms with E-state index in [1.165, 1.54) is 24.4 Å². The molecule has 0 aliphatic heterocycles. The summed E-state index contributed by atoms with van der Waals surface area (Å²) in [6.07, 6.45) is -4.50. The summed E-state index contributed by atoms with van der Waals surface area (Å²) >= 11 is 5.79. The number of aliphatic hydroxyl groups excluding tert-OH is 1. The molecule has 1 aliphatic rings. The van der Waals surface area contributed by atoms with Crippen LogP contribution in [0.3, 0.4) is 0 Å². The van der Waals surface area contributed by atoms with E-state index in [-0.39, 0.29) is 36.2 Å².